The van der Waals surface area contributed by atoms with Gasteiger partial charge in [-0.15, -0.1) is 0 Å². The van der Waals surface area contributed by atoms with Gasteiger partial charge in [-0.05, 0) is 6.92 Å². The Bertz CT molecular complexity index is 394. The summed E-state index contributed by atoms with van der Waals surface area (Å²) in [6.07, 6.45) is 1.44. The molecular formula is C11H15N3O4. The van der Waals surface area contributed by atoms with Crippen molar-refractivity contribution in [2.24, 2.45) is 0 Å². The summed E-state index contributed by atoms with van der Waals surface area (Å²) in [4.78, 5) is 24.0. The third-order valence-electron chi connectivity index (χ3n) is 2.44. The minimum atomic E-state index is -1.15. The third-order valence-corrected chi connectivity index (χ3v) is 2.44. The van der Waals surface area contributed by atoms with Gasteiger partial charge in [0.2, 0.25) is 0 Å². The van der Waals surface area contributed by atoms with Crippen molar-refractivity contribution in [2.45, 2.75) is 13.0 Å². The van der Waals surface area contributed by atoms with E-state index in [1.165, 1.54) is 13.1 Å². The number of nitrogens with one attached hydrogen (secondary N) is 1. The summed E-state index contributed by atoms with van der Waals surface area (Å²) in [7, 11) is 0. The summed E-state index contributed by atoms with van der Waals surface area (Å²) in [5.74, 6) is -1.83. The van der Waals surface area contributed by atoms with Gasteiger partial charge in [-0.3, -0.25) is 9.59 Å². The second-order valence-corrected chi connectivity index (χ2v) is 3.84. The topological polar surface area (TPSA) is 103 Å². The van der Waals surface area contributed by atoms with Crippen LogP contribution >= 0.6 is 0 Å². The fraction of sp³-hybridized carbons (Fsp3) is 0.545. The Balaban J connectivity index is 2.64. The van der Waals surface area contributed by atoms with Gasteiger partial charge in [0.25, 0.3) is 5.91 Å². The molecule has 98 valence electrons. The van der Waals surface area contributed by atoms with Crippen LogP contribution in [0.15, 0.2) is 11.8 Å². The number of rotatable bonds is 4. The first-order valence-electron chi connectivity index (χ1n) is 5.52. The first kappa shape index (κ1) is 14.0. The lowest BCUT2D eigenvalue weighted by Crippen LogP contribution is -2.40. The summed E-state index contributed by atoms with van der Waals surface area (Å²) in [6.45, 7) is 3.63. The molecule has 0 aliphatic carbocycles. The van der Waals surface area contributed by atoms with Crippen molar-refractivity contribution in [1.29, 1.82) is 5.26 Å². The van der Waals surface area contributed by atoms with Gasteiger partial charge in [0.1, 0.15) is 17.7 Å². The van der Waals surface area contributed by atoms with Gasteiger partial charge in [0.05, 0.1) is 13.2 Å². The zero-order valence-corrected chi connectivity index (χ0v) is 10.0. The van der Waals surface area contributed by atoms with Crippen molar-refractivity contribution < 1.29 is 19.4 Å². The summed E-state index contributed by atoms with van der Waals surface area (Å²) in [5, 5.41) is 19.8. The summed E-state index contributed by atoms with van der Waals surface area (Å²) >= 11 is 0. The zero-order chi connectivity index (χ0) is 13.5. The molecule has 1 aliphatic rings. The Labute approximate surface area is 105 Å². The zero-order valence-electron chi connectivity index (χ0n) is 10.0. The number of nitrogens with zero attached hydrogens (tertiary/aromatic N) is 2. The second-order valence-electron chi connectivity index (χ2n) is 3.84. The Morgan fingerprint density at radius 1 is 1.50 bits per heavy atom. The first-order valence-corrected chi connectivity index (χ1v) is 5.52. The van der Waals surface area contributed by atoms with Crippen molar-refractivity contribution in [3.05, 3.63) is 11.8 Å². The molecular weight excluding hydrogens is 238 g/mol. The number of carbonyl (C=O) groups is 2. The van der Waals surface area contributed by atoms with Crippen LogP contribution in [0.3, 0.4) is 0 Å². The van der Waals surface area contributed by atoms with E-state index in [0.29, 0.717) is 26.3 Å². The highest BCUT2D eigenvalue weighted by atomic mass is 16.5. The highest BCUT2D eigenvalue weighted by Crippen LogP contribution is 2.02. The molecule has 1 heterocycles. The largest absolute Gasteiger partial charge is 0.480 e. The summed E-state index contributed by atoms with van der Waals surface area (Å²) in [6, 6.07) is 0.738. The van der Waals surface area contributed by atoms with E-state index in [0.717, 1.165) is 0 Å². The van der Waals surface area contributed by atoms with Crippen molar-refractivity contribution in [3.63, 3.8) is 0 Å². The molecule has 1 unspecified atom stereocenters. The number of amides is 1. The van der Waals surface area contributed by atoms with E-state index in [1.54, 1.807) is 11.0 Å². The lowest BCUT2D eigenvalue weighted by molar-refractivity contribution is -0.140. The van der Waals surface area contributed by atoms with Gasteiger partial charge >= 0.3 is 5.97 Å². The number of carbonyl (C=O) groups excluding carboxylic acids is 1. The van der Waals surface area contributed by atoms with Crippen LogP contribution in [0.2, 0.25) is 0 Å². The van der Waals surface area contributed by atoms with E-state index >= 15 is 0 Å². The van der Waals surface area contributed by atoms with E-state index in [2.05, 4.69) is 5.32 Å². The van der Waals surface area contributed by atoms with Crippen LogP contribution in [0.1, 0.15) is 6.92 Å². The van der Waals surface area contributed by atoms with E-state index < -0.39 is 17.9 Å². The predicted octanol–water partition coefficient (Wildman–Crippen LogP) is -0.685. The molecule has 2 N–H and O–H groups in total. The summed E-state index contributed by atoms with van der Waals surface area (Å²) in [5.41, 5.74) is -0.106. The molecule has 1 rings (SSSR count). The molecule has 0 aromatic rings. The standard InChI is InChI=1S/C11H15N3O4/c1-8(11(16)17)13-10(15)9(6-12)7-14-2-4-18-5-3-14/h7-8H,2-5H2,1H3,(H,13,15)(H,16,17)/b9-7-. The fourth-order valence-electron chi connectivity index (χ4n) is 1.36. The van der Waals surface area contributed by atoms with Crippen molar-refractivity contribution >= 4 is 11.9 Å². The molecule has 1 atom stereocenters. The Kier molecular flexibility index (Phi) is 5.14. The lowest BCUT2D eigenvalue weighted by atomic mass is 10.2. The maximum absolute atomic E-state index is 11.6. The molecule has 18 heavy (non-hydrogen) atoms. The minimum Gasteiger partial charge on any atom is -0.480 e. The van der Waals surface area contributed by atoms with Gasteiger partial charge in [0, 0.05) is 19.3 Å². The van der Waals surface area contributed by atoms with Gasteiger partial charge in [0.15, 0.2) is 0 Å². The third kappa shape index (κ3) is 4.07. The average molecular weight is 253 g/mol. The minimum absolute atomic E-state index is 0.106. The van der Waals surface area contributed by atoms with E-state index in [4.69, 9.17) is 15.1 Å². The molecule has 0 spiro atoms. The number of ether oxygens (including phenoxy) is 1. The highest BCUT2D eigenvalue weighted by molar-refractivity contribution is 5.99. The van der Waals surface area contributed by atoms with Crippen molar-refractivity contribution in [3.8, 4) is 6.07 Å². The number of hydrogen-bond acceptors (Lipinski definition) is 5. The van der Waals surface area contributed by atoms with Gasteiger partial charge < -0.3 is 20.1 Å². The lowest BCUT2D eigenvalue weighted by Gasteiger charge is -2.25. The molecule has 0 radical (unpaired) electrons. The molecule has 0 aromatic heterocycles. The molecule has 1 amide bonds. The first-order chi connectivity index (χ1) is 8.54. The number of carboxylic acids is 1. The second kappa shape index (κ2) is 6.61. The summed E-state index contributed by atoms with van der Waals surface area (Å²) < 4.78 is 5.14. The number of morpholine rings is 1. The van der Waals surface area contributed by atoms with Crippen LogP contribution in [0.4, 0.5) is 0 Å². The molecule has 1 saturated heterocycles. The number of aliphatic carboxylic acids is 1. The molecule has 0 bridgehead atoms. The van der Waals surface area contributed by atoms with Crippen LogP contribution in [0.25, 0.3) is 0 Å². The van der Waals surface area contributed by atoms with Crippen molar-refractivity contribution in [1.82, 2.24) is 10.2 Å². The van der Waals surface area contributed by atoms with Crippen LogP contribution in [-0.4, -0.2) is 54.2 Å². The number of carboxylic acid groups (broad SMARTS) is 1. The maximum atomic E-state index is 11.6. The van der Waals surface area contributed by atoms with E-state index in [1.807, 2.05) is 0 Å². The monoisotopic (exact) mass is 253 g/mol. The molecule has 0 aromatic carbocycles. The van der Waals surface area contributed by atoms with Gasteiger partial charge in [-0.1, -0.05) is 0 Å². The number of hydrogen-bond donors (Lipinski definition) is 2. The van der Waals surface area contributed by atoms with Crippen LogP contribution in [0.5, 0.6) is 0 Å². The Morgan fingerprint density at radius 2 is 2.11 bits per heavy atom. The normalized spacial score (nSPS) is 17.8. The molecule has 7 nitrogen and oxygen atoms in total. The molecule has 0 saturated carbocycles. The van der Waals surface area contributed by atoms with Crippen LogP contribution < -0.4 is 5.32 Å². The maximum Gasteiger partial charge on any atom is 0.325 e. The number of nitriles is 1. The quantitative estimate of drug-likeness (QED) is 0.508. The molecule has 1 aliphatic heterocycles. The van der Waals surface area contributed by atoms with Crippen LogP contribution in [-0.2, 0) is 14.3 Å². The SMILES string of the molecule is CC(NC(=O)/C(C#N)=C\N1CCOCC1)C(=O)O. The predicted molar refractivity (Wildman–Crippen MR) is 61.3 cm³/mol. The van der Waals surface area contributed by atoms with Crippen molar-refractivity contribution in [2.75, 3.05) is 26.3 Å². The Hall–Kier alpha value is -2.07. The highest BCUT2D eigenvalue weighted by Gasteiger charge is 2.18. The molecule has 1 fully saturated rings. The fourth-order valence-corrected chi connectivity index (χ4v) is 1.36. The molecule has 7 heteroatoms. The van der Waals surface area contributed by atoms with Gasteiger partial charge in [-0.25, -0.2) is 0 Å². The average Bonchev–Trinajstić information content (AvgIpc) is 2.36. The van der Waals surface area contributed by atoms with E-state index in [-0.39, 0.29) is 5.57 Å². The Morgan fingerprint density at radius 3 is 2.61 bits per heavy atom. The smallest absolute Gasteiger partial charge is 0.325 e. The van der Waals surface area contributed by atoms with Crippen LogP contribution in [0, 0.1) is 11.3 Å². The van der Waals surface area contributed by atoms with Gasteiger partial charge in [-0.2, -0.15) is 5.26 Å². The van der Waals surface area contributed by atoms with E-state index in [9.17, 15) is 9.59 Å².